The van der Waals surface area contributed by atoms with Gasteiger partial charge in [0.2, 0.25) is 0 Å². The van der Waals surface area contributed by atoms with Crippen molar-refractivity contribution < 1.29 is 80.2 Å². The Bertz CT molecular complexity index is 2390. The predicted molar refractivity (Wildman–Crippen MR) is 427 cm³/mol. The maximum atomic E-state index is 13.1. The maximum Gasteiger partial charge on any atom is 0.472 e. The summed E-state index contributed by atoms with van der Waals surface area (Å²) in [5, 5.41) is 10.6. The summed E-state index contributed by atoms with van der Waals surface area (Å²) in [5.41, 5.74) is 0. The average Bonchev–Trinajstić information content (AvgIpc) is 0.931. The van der Waals surface area contributed by atoms with Gasteiger partial charge in [0, 0.05) is 25.7 Å². The lowest BCUT2D eigenvalue weighted by Gasteiger charge is -2.21. The normalized spacial score (nSPS) is 14.4. The first-order valence-electron chi connectivity index (χ1n) is 41.1. The highest BCUT2D eigenvalue weighted by Crippen LogP contribution is 2.45. The topological polar surface area (TPSA) is 237 Å². The largest absolute Gasteiger partial charge is 0.472 e. The fraction of sp³-hybridized carbons (Fsp3) is 0.741. The van der Waals surface area contributed by atoms with Crippen molar-refractivity contribution in [3.63, 3.8) is 0 Å². The number of carbonyl (C=O) groups is 4. The van der Waals surface area contributed by atoms with Gasteiger partial charge in [-0.05, 0) is 128 Å². The Labute approximate surface area is 632 Å². The van der Waals surface area contributed by atoms with E-state index in [1.165, 1.54) is 96.3 Å². The van der Waals surface area contributed by atoms with E-state index in [1.807, 2.05) is 0 Å². The first-order valence-corrected chi connectivity index (χ1v) is 44.1. The van der Waals surface area contributed by atoms with Crippen LogP contribution in [-0.2, 0) is 65.4 Å². The standard InChI is InChI=1S/C85H148O17P2/c1-5-9-13-17-21-25-29-32-35-37-39-41-44-46-50-53-57-61-65-69-82(87)95-75-80(101-84(89)71-67-63-59-55-49-28-24-20-16-12-8-4)77-99-103(91,92)97-73-79(86)74-98-104(93,94)100-78-81(102-85(90)72-68-64-60-56-52-48-43-34-31-27-23-19-15-11-7-3)76-96-83(88)70-66-62-58-54-51-47-45-42-40-38-36-33-30-26-22-18-14-10-6-2/h9,13,20-22,24-26,32-33,35-36,39-42,46,50,79-81,86H,5-8,10-12,14-19,23,27-31,34,37-38,43-45,47-49,51-78H2,1-4H3,(H,91,92)(H,93,94)/b13-9-,24-20-,25-21-,26-22-,35-32-,36-33-,41-39-,42-40-,50-46-. The van der Waals surface area contributed by atoms with Crippen LogP contribution in [0.4, 0.5) is 0 Å². The number of ether oxygens (including phenoxy) is 4. The van der Waals surface area contributed by atoms with Crippen molar-refractivity contribution in [1.29, 1.82) is 0 Å². The summed E-state index contributed by atoms with van der Waals surface area (Å²) in [4.78, 5) is 73.0. The molecule has 0 saturated carbocycles. The Morgan fingerprint density at radius 3 is 0.837 bits per heavy atom. The minimum absolute atomic E-state index is 0.0760. The van der Waals surface area contributed by atoms with Crippen molar-refractivity contribution >= 4 is 39.5 Å². The molecule has 0 bridgehead atoms. The van der Waals surface area contributed by atoms with Crippen LogP contribution in [0.2, 0.25) is 0 Å². The molecular weight excluding hydrogens is 1350 g/mol. The predicted octanol–water partition coefficient (Wildman–Crippen LogP) is 24.1. The van der Waals surface area contributed by atoms with E-state index in [9.17, 15) is 43.2 Å². The lowest BCUT2D eigenvalue weighted by atomic mass is 10.0. The first kappa shape index (κ1) is 99.7. The maximum absolute atomic E-state index is 13.1. The molecule has 0 saturated heterocycles. The third kappa shape index (κ3) is 75.9. The van der Waals surface area contributed by atoms with E-state index in [0.29, 0.717) is 25.7 Å². The van der Waals surface area contributed by atoms with Gasteiger partial charge in [0.25, 0.3) is 0 Å². The number of phosphoric ester groups is 2. The number of carbonyl (C=O) groups excluding carboxylic acids is 4. The lowest BCUT2D eigenvalue weighted by Crippen LogP contribution is -2.30. The molecule has 0 spiro atoms. The fourth-order valence-corrected chi connectivity index (χ4v) is 12.5. The van der Waals surface area contributed by atoms with Gasteiger partial charge in [-0.3, -0.25) is 37.3 Å². The lowest BCUT2D eigenvalue weighted by molar-refractivity contribution is -0.161. The van der Waals surface area contributed by atoms with Gasteiger partial charge in [-0.1, -0.05) is 304 Å². The minimum atomic E-state index is -4.98. The summed E-state index contributed by atoms with van der Waals surface area (Å²) in [6.07, 6.45) is 83.5. The molecule has 5 unspecified atom stereocenters. The van der Waals surface area contributed by atoms with E-state index >= 15 is 0 Å². The van der Waals surface area contributed by atoms with Gasteiger partial charge in [0.1, 0.15) is 19.3 Å². The monoisotopic (exact) mass is 1500 g/mol. The number of hydrogen-bond acceptors (Lipinski definition) is 15. The molecule has 0 heterocycles. The van der Waals surface area contributed by atoms with E-state index in [2.05, 4.69) is 137 Å². The van der Waals surface area contributed by atoms with Crippen molar-refractivity contribution in [3.8, 4) is 0 Å². The molecule has 0 aromatic rings. The van der Waals surface area contributed by atoms with E-state index in [4.69, 9.17) is 37.0 Å². The second-order valence-electron chi connectivity index (χ2n) is 27.3. The highest BCUT2D eigenvalue weighted by molar-refractivity contribution is 7.47. The molecule has 104 heavy (non-hydrogen) atoms. The molecule has 0 rings (SSSR count). The summed E-state index contributed by atoms with van der Waals surface area (Å²) in [6.45, 7) is 4.68. The van der Waals surface area contributed by atoms with Crippen molar-refractivity contribution in [2.75, 3.05) is 39.6 Å². The van der Waals surface area contributed by atoms with E-state index in [1.54, 1.807) is 0 Å². The van der Waals surface area contributed by atoms with Crippen LogP contribution in [0.1, 0.15) is 349 Å². The number of rotatable bonds is 77. The molecule has 0 amide bonds. The van der Waals surface area contributed by atoms with Crippen LogP contribution in [0.25, 0.3) is 0 Å². The number of phosphoric acid groups is 2. The SMILES string of the molecule is CC/C=C\C/C=C\C/C=C\C/C=C\C/C=C\CCCCCC(=O)OCC(COP(=O)(O)OCC(O)COP(=O)(O)OCC(COC(=O)CCCCCCCC/C=C\C/C=C\C/C=C\CCCCC)OC(=O)CCCCCCCCCCCCCCCCC)OC(=O)CCCCCCC/C=C\CCCC. The van der Waals surface area contributed by atoms with Gasteiger partial charge in [0.05, 0.1) is 26.4 Å². The Morgan fingerprint density at radius 2 is 0.510 bits per heavy atom. The van der Waals surface area contributed by atoms with E-state index < -0.39 is 97.5 Å². The summed E-state index contributed by atoms with van der Waals surface area (Å²) < 4.78 is 68.6. The fourth-order valence-electron chi connectivity index (χ4n) is 10.9. The third-order valence-corrected chi connectivity index (χ3v) is 19.1. The molecule has 0 aromatic carbocycles. The third-order valence-electron chi connectivity index (χ3n) is 17.2. The second-order valence-corrected chi connectivity index (χ2v) is 30.2. The molecule has 0 aliphatic carbocycles. The molecule has 0 radical (unpaired) electrons. The molecule has 0 aromatic heterocycles. The van der Waals surface area contributed by atoms with Crippen molar-refractivity contribution in [1.82, 2.24) is 0 Å². The number of unbranched alkanes of at least 4 members (excludes halogenated alkanes) is 33. The van der Waals surface area contributed by atoms with E-state index in [-0.39, 0.29) is 25.7 Å². The van der Waals surface area contributed by atoms with Gasteiger partial charge in [-0.2, -0.15) is 0 Å². The highest BCUT2D eigenvalue weighted by atomic mass is 31.2. The Kier molecular flexibility index (Phi) is 73.7. The van der Waals surface area contributed by atoms with E-state index in [0.717, 1.165) is 173 Å². The van der Waals surface area contributed by atoms with Crippen molar-refractivity contribution in [2.24, 2.45) is 0 Å². The molecular formula is C85H148O17P2. The van der Waals surface area contributed by atoms with Crippen molar-refractivity contribution in [2.45, 2.75) is 367 Å². The Hall–Kier alpha value is -4.28. The zero-order chi connectivity index (χ0) is 76.0. The number of hydrogen-bond donors (Lipinski definition) is 3. The van der Waals surface area contributed by atoms with Crippen molar-refractivity contribution in [3.05, 3.63) is 109 Å². The molecule has 600 valence electrons. The summed E-state index contributed by atoms with van der Waals surface area (Å²) in [7, 11) is -9.97. The van der Waals surface area contributed by atoms with Crippen LogP contribution in [0.5, 0.6) is 0 Å². The highest BCUT2D eigenvalue weighted by Gasteiger charge is 2.30. The Balaban J connectivity index is 5.34. The molecule has 0 aliphatic rings. The van der Waals surface area contributed by atoms with Crippen LogP contribution in [0.3, 0.4) is 0 Å². The number of aliphatic hydroxyl groups is 1. The van der Waals surface area contributed by atoms with Gasteiger partial charge < -0.3 is 33.8 Å². The van der Waals surface area contributed by atoms with Gasteiger partial charge in [-0.25, -0.2) is 9.13 Å². The van der Waals surface area contributed by atoms with Gasteiger partial charge in [-0.15, -0.1) is 0 Å². The van der Waals surface area contributed by atoms with Crippen LogP contribution in [0.15, 0.2) is 109 Å². The summed E-state index contributed by atoms with van der Waals surface area (Å²) >= 11 is 0. The zero-order valence-electron chi connectivity index (χ0n) is 65.7. The van der Waals surface area contributed by atoms with Crippen LogP contribution < -0.4 is 0 Å². The minimum Gasteiger partial charge on any atom is -0.462 e. The van der Waals surface area contributed by atoms with Crippen LogP contribution >= 0.6 is 15.6 Å². The average molecular weight is 1500 g/mol. The summed E-state index contributed by atoms with van der Waals surface area (Å²) in [5.74, 6) is -2.22. The molecule has 0 aliphatic heterocycles. The number of allylic oxidation sites excluding steroid dienone is 18. The molecule has 19 heteroatoms. The van der Waals surface area contributed by atoms with Crippen LogP contribution in [-0.4, -0.2) is 96.7 Å². The molecule has 5 atom stereocenters. The van der Waals surface area contributed by atoms with Crippen LogP contribution in [0, 0.1) is 0 Å². The second kappa shape index (κ2) is 76.9. The summed E-state index contributed by atoms with van der Waals surface area (Å²) in [6, 6.07) is 0. The smallest absolute Gasteiger partial charge is 0.462 e. The first-order chi connectivity index (χ1) is 50.7. The molecule has 3 N–H and O–H groups in total. The number of esters is 4. The Morgan fingerprint density at radius 1 is 0.279 bits per heavy atom. The zero-order valence-corrected chi connectivity index (χ0v) is 67.5. The van der Waals surface area contributed by atoms with Gasteiger partial charge in [0.15, 0.2) is 12.2 Å². The molecule has 17 nitrogen and oxygen atoms in total. The number of aliphatic hydroxyl groups excluding tert-OH is 1. The van der Waals surface area contributed by atoms with Gasteiger partial charge >= 0.3 is 39.5 Å². The quantitative estimate of drug-likeness (QED) is 0.0169. The molecule has 0 fully saturated rings.